The van der Waals surface area contributed by atoms with Gasteiger partial charge in [-0.15, -0.1) is 0 Å². The van der Waals surface area contributed by atoms with E-state index in [1.54, 1.807) is 0 Å². The van der Waals surface area contributed by atoms with Crippen molar-refractivity contribution in [3.8, 4) is 17.2 Å². The molecular weight excluding hydrogens is 625 g/mol. The number of nitrogens with zero attached hydrogens (tertiary/aromatic N) is 2. The minimum Gasteiger partial charge on any atom is -0.495 e. The molecule has 0 bridgehead atoms. The highest BCUT2D eigenvalue weighted by atomic mass is 35.5. The van der Waals surface area contributed by atoms with Gasteiger partial charge in [-0.25, -0.2) is 21.2 Å². The zero-order valence-electron chi connectivity index (χ0n) is 23.7. The molecule has 232 valence electrons. The number of piperidine rings is 1. The number of carbonyl (C=O) groups excluding carboxylic acids is 1. The summed E-state index contributed by atoms with van der Waals surface area (Å²) in [5.41, 5.74) is -0.0732. The molecule has 0 radical (unpaired) electrons. The van der Waals surface area contributed by atoms with Crippen LogP contribution in [0.15, 0.2) is 64.4 Å². The van der Waals surface area contributed by atoms with Crippen LogP contribution in [-0.4, -0.2) is 68.0 Å². The van der Waals surface area contributed by atoms with E-state index in [9.17, 15) is 26.0 Å². The first-order valence-corrected chi connectivity index (χ1v) is 16.4. The van der Waals surface area contributed by atoms with Gasteiger partial charge in [-0.1, -0.05) is 18.0 Å². The van der Waals surface area contributed by atoms with Crippen molar-refractivity contribution in [2.45, 2.75) is 29.1 Å². The molecule has 4 rings (SSSR count). The van der Waals surface area contributed by atoms with Crippen molar-refractivity contribution in [1.29, 1.82) is 0 Å². The molecule has 1 N–H and O–H groups in total. The van der Waals surface area contributed by atoms with Gasteiger partial charge in [0.05, 0.1) is 47.5 Å². The van der Waals surface area contributed by atoms with Gasteiger partial charge < -0.3 is 19.5 Å². The summed E-state index contributed by atoms with van der Waals surface area (Å²) in [6.45, 7) is -0.0105. The predicted molar refractivity (Wildman–Crippen MR) is 160 cm³/mol. The van der Waals surface area contributed by atoms with Crippen molar-refractivity contribution in [2.24, 2.45) is 0 Å². The van der Waals surface area contributed by atoms with E-state index in [0.717, 1.165) is 35.7 Å². The second-order valence-electron chi connectivity index (χ2n) is 9.50. The lowest BCUT2D eigenvalue weighted by Gasteiger charge is -2.26. The maximum absolute atomic E-state index is 14.0. The van der Waals surface area contributed by atoms with Crippen LogP contribution in [0.25, 0.3) is 0 Å². The summed E-state index contributed by atoms with van der Waals surface area (Å²) in [6, 6.07) is 11.2. The average Bonchev–Trinajstić information content (AvgIpc) is 3.01. The second-order valence-corrected chi connectivity index (χ2v) is 13.7. The third kappa shape index (κ3) is 6.98. The molecule has 3 aromatic carbocycles. The third-order valence-electron chi connectivity index (χ3n) is 6.82. The molecule has 0 atom stereocenters. The molecule has 43 heavy (non-hydrogen) atoms. The van der Waals surface area contributed by atoms with Crippen LogP contribution in [0.1, 0.15) is 19.3 Å². The van der Waals surface area contributed by atoms with Crippen molar-refractivity contribution in [1.82, 2.24) is 4.31 Å². The molecule has 1 aliphatic heterocycles. The number of ether oxygens (including phenoxy) is 3. The number of hydrogen-bond acceptors (Lipinski definition) is 8. The Morgan fingerprint density at radius 2 is 1.49 bits per heavy atom. The van der Waals surface area contributed by atoms with Gasteiger partial charge in [-0.2, -0.15) is 4.31 Å². The van der Waals surface area contributed by atoms with Gasteiger partial charge in [0.2, 0.25) is 15.9 Å². The maximum Gasteiger partial charge on any atom is 0.264 e. The number of rotatable bonds is 11. The molecular formula is C28H31ClFN3O8S2. The topological polar surface area (TPSA) is 132 Å². The first-order valence-electron chi connectivity index (χ1n) is 13.1. The van der Waals surface area contributed by atoms with Gasteiger partial charge in [0, 0.05) is 19.2 Å². The van der Waals surface area contributed by atoms with Gasteiger partial charge in [0.1, 0.15) is 18.1 Å². The molecule has 1 fully saturated rings. The number of anilines is 2. The number of methoxy groups -OCH3 is 3. The van der Waals surface area contributed by atoms with Crippen LogP contribution in [0.5, 0.6) is 17.2 Å². The number of halogens is 2. The van der Waals surface area contributed by atoms with E-state index in [2.05, 4.69) is 5.32 Å². The number of carbonyl (C=O) groups is 1. The zero-order valence-corrected chi connectivity index (χ0v) is 26.1. The quantitative estimate of drug-likeness (QED) is 0.319. The van der Waals surface area contributed by atoms with Crippen molar-refractivity contribution in [2.75, 3.05) is 50.6 Å². The van der Waals surface area contributed by atoms with Crippen molar-refractivity contribution >= 4 is 48.9 Å². The fraction of sp³-hybridized carbons (Fsp3) is 0.321. The number of amides is 1. The summed E-state index contributed by atoms with van der Waals surface area (Å²) in [7, 11) is -4.23. The summed E-state index contributed by atoms with van der Waals surface area (Å²) in [6.07, 6.45) is 2.44. The van der Waals surface area contributed by atoms with E-state index in [4.69, 9.17) is 25.8 Å². The van der Waals surface area contributed by atoms with E-state index in [1.165, 1.54) is 68.1 Å². The van der Waals surface area contributed by atoms with Crippen LogP contribution in [-0.2, 0) is 24.8 Å². The lowest BCUT2D eigenvalue weighted by molar-refractivity contribution is -0.114. The minimum absolute atomic E-state index is 0.0196. The van der Waals surface area contributed by atoms with Crippen molar-refractivity contribution in [3.63, 3.8) is 0 Å². The Kier molecular flexibility index (Phi) is 10.1. The summed E-state index contributed by atoms with van der Waals surface area (Å²) < 4.78 is 86.1. The molecule has 0 spiro atoms. The highest BCUT2D eigenvalue weighted by Gasteiger charge is 2.30. The highest BCUT2D eigenvalue weighted by Crippen LogP contribution is 2.34. The van der Waals surface area contributed by atoms with Gasteiger partial charge in [-0.05, 0) is 61.4 Å². The highest BCUT2D eigenvalue weighted by molar-refractivity contribution is 7.92. The van der Waals surface area contributed by atoms with E-state index in [-0.39, 0.29) is 43.4 Å². The Hall–Kier alpha value is -3.59. The van der Waals surface area contributed by atoms with Gasteiger partial charge in [0.15, 0.2) is 11.5 Å². The number of sulfonamides is 2. The molecule has 11 nitrogen and oxygen atoms in total. The summed E-state index contributed by atoms with van der Waals surface area (Å²) >= 11 is 5.96. The molecule has 0 aromatic heterocycles. The summed E-state index contributed by atoms with van der Waals surface area (Å²) in [5.74, 6) is -1.06. The van der Waals surface area contributed by atoms with Gasteiger partial charge in [0.25, 0.3) is 10.0 Å². The van der Waals surface area contributed by atoms with Crippen LogP contribution in [0.2, 0.25) is 5.02 Å². The summed E-state index contributed by atoms with van der Waals surface area (Å²) in [4.78, 5) is 13.1. The fourth-order valence-corrected chi connectivity index (χ4v) is 7.73. The SMILES string of the molecule is COc1ccc(S(=O)(=O)N2CCCCC2)cc1NC(=O)CN(c1ccc(F)c(Cl)c1)S(=O)(=O)c1ccc(OC)c(OC)c1. The molecule has 0 aliphatic carbocycles. The van der Waals surface area contributed by atoms with Crippen LogP contribution >= 0.6 is 11.6 Å². The third-order valence-corrected chi connectivity index (χ3v) is 10.8. The normalized spacial score (nSPS) is 14.2. The van der Waals surface area contributed by atoms with Crippen LogP contribution < -0.4 is 23.8 Å². The van der Waals surface area contributed by atoms with Crippen molar-refractivity contribution in [3.05, 3.63) is 65.4 Å². The number of nitrogens with one attached hydrogen (secondary N) is 1. The summed E-state index contributed by atoms with van der Waals surface area (Å²) in [5, 5.41) is 2.20. The first-order chi connectivity index (χ1) is 20.4. The van der Waals surface area contributed by atoms with Gasteiger partial charge in [-0.3, -0.25) is 9.10 Å². The lowest BCUT2D eigenvalue weighted by atomic mass is 10.2. The maximum atomic E-state index is 14.0. The molecule has 1 aliphatic rings. The minimum atomic E-state index is -4.47. The van der Waals surface area contributed by atoms with E-state index >= 15 is 0 Å². The molecule has 3 aromatic rings. The molecule has 0 unspecified atom stereocenters. The Morgan fingerprint density at radius 3 is 2.12 bits per heavy atom. The average molecular weight is 656 g/mol. The Labute approximate surface area is 255 Å². The largest absolute Gasteiger partial charge is 0.495 e. The van der Waals surface area contributed by atoms with E-state index in [0.29, 0.717) is 13.1 Å². The molecule has 1 heterocycles. The Morgan fingerprint density at radius 1 is 0.860 bits per heavy atom. The van der Waals surface area contributed by atoms with Gasteiger partial charge >= 0.3 is 0 Å². The standard InChI is InChI=1S/C28H31ClFN3O8S2/c1-39-25-11-8-20(42(35,36)32-13-5-4-6-14-32)16-24(25)31-28(34)18-33(19-7-10-23(30)22(29)15-19)43(37,38)21-9-12-26(40-2)27(17-21)41-3/h7-12,15-17H,4-6,13-14,18H2,1-3H3,(H,31,34). The van der Waals surface area contributed by atoms with Crippen LogP contribution in [0.4, 0.5) is 15.8 Å². The lowest BCUT2D eigenvalue weighted by Crippen LogP contribution is -2.38. The molecule has 15 heteroatoms. The Bertz CT molecular complexity index is 1710. The number of benzene rings is 3. The molecule has 1 amide bonds. The van der Waals surface area contributed by atoms with Crippen LogP contribution in [0.3, 0.4) is 0 Å². The molecule has 1 saturated heterocycles. The smallest absolute Gasteiger partial charge is 0.264 e. The molecule has 0 saturated carbocycles. The van der Waals surface area contributed by atoms with E-state index < -0.39 is 38.3 Å². The monoisotopic (exact) mass is 655 g/mol. The first kappa shape index (κ1) is 32.3. The van der Waals surface area contributed by atoms with Crippen molar-refractivity contribution < 1.29 is 40.2 Å². The second kappa shape index (κ2) is 13.4. The van der Waals surface area contributed by atoms with Crippen LogP contribution in [0, 0.1) is 5.82 Å². The zero-order chi connectivity index (χ0) is 31.4. The van der Waals surface area contributed by atoms with E-state index in [1.807, 2.05) is 0 Å². The fourth-order valence-electron chi connectivity index (χ4n) is 4.58. The number of hydrogen-bond donors (Lipinski definition) is 1. The predicted octanol–water partition coefficient (Wildman–Crippen LogP) is 4.51. The Balaban J connectivity index is 1.70.